The highest BCUT2D eigenvalue weighted by atomic mass is 16.4. The Bertz CT molecular complexity index is 452. The van der Waals surface area contributed by atoms with Gasteiger partial charge in [0.05, 0.1) is 5.69 Å². The minimum atomic E-state index is 0.0573. The van der Waals surface area contributed by atoms with Crippen molar-refractivity contribution in [3.8, 4) is 0 Å². The third-order valence-corrected chi connectivity index (χ3v) is 3.52. The van der Waals surface area contributed by atoms with E-state index in [0.717, 1.165) is 31.9 Å². The fourth-order valence-corrected chi connectivity index (χ4v) is 2.38. The molecule has 1 aromatic heterocycles. The minimum Gasteiger partial charge on any atom is -0.409 e. The van der Waals surface area contributed by atoms with Crippen LogP contribution in [0.3, 0.4) is 0 Å². The lowest BCUT2D eigenvalue weighted by Crippen LogP contribution is -2.49. The predicted octanol–water partition coefficient (Wildman–Crippen LogP) is 0.707. The van der Waals surface area contributed by atoms with Crippen LogP contribution in [0.1, 0.15) is 19.5 Å². The van der Waals surface area contributed by atoms with Gasteiger partial charge < -0.3 is 15.8 Å². The van der Waals surface area contributed by atoms with Gasteiger partial charge in [-0.3, -0.25) is 9.88 Å². The third kappa shape index (κ3) is 2.96. The highest BCUT2D eigenvalue weighted by Crippen LogP contribution is 2.20. The normalized spacial score (nSPS) is 18.1. The van der Waals surface area contributed by atoms with Crippen molar-refractivity contribution in [2.75, 3.05) is 31.1 Å². The van der Waals surface area contributed by atoms with Crippen molar-refractivity contribution in [2.45, 2.75) is 19.9 Å². The monoisotopic (exact) mass is 263 g/mol. The lowest BCUT2D eigenvalue weighted by molar-refractivity contribution is 0.209. The molecule has 0 amide bonds. The van der Waals surface area contributed by atoms with Gasteiger partial charge in [0.1, 0.15) is 5.69 Å². The van der Waals surface area contributed by atoms with Gasteiger partial charge in [0.15, 0.2) is 5.84 Å². The first-order chi connectivity index (χ1) is 9.13. The highest BCUT2D eigenvalue weighted by molar-refractivity contribution is 6.00. The van der Waals surface area contributed by atoms with E-state index in [1.54, 1.807) is 6.20 Å². The number of pyridine rings is 1. The lowest BCUT2D eigenvalue weighted by atomic mass is 10.2. The average molecular weight is 263 g/mol. The van der Waals surface area contributed by atoms with Crippen LogP contribution >= 0.6 is 0 Å². The molecule has 0 unspecified atom stereocenters. The number of anilines is 1. The van der Waals surface area contributed by atoms with Crippen molar-refractivity contribution in [2.24, 2.45) is 10.9 Å². The second-order valence-electron chi connectivity index (χ2n) is 4.97. The summed E-state index contributed by atoms with van der Waals surface area (Å²) in [7, 11) is 0. The molecule has 1 aromatic rings. The van der Waals surface area contributed by atoms with Gasteiger partial charge >= 0.3 is 0 Å². The summed E-state index contributed by atoms with van der Waals surface area (Å²) in [5.74, 6) is 0.0573. The molecule has 104 valence electrons. The van der Waals surface area contributed by atoms with Crippen LogP contribution in [0.4, 0.5) is 5.69 Å². The summed E-state index contributed by atoms with van der Waals surface area (Å²) in [6.45, 7) is 8.30. The Labute approximate surface area is 113 Å². The standard InChI is InChI=1S/C13H21N5O/c1-10(2)17-6-8-18(9-7-17)11-4-3-5-15-12(11)13(14)16-19/h3-5,10,19H,6-9H2,1-2H3,(H2,14,16). The fourth-order valence-electron chi connectivity index (χ4n) is 2.38. The molecule has 2 rings (SSSR count). The largest absolute Gasteiger partial charge is 0.409 e. The molecule has 2 heterocycles. The Hall–Kier alpha value is -1.82. The van der Waals surface area contributed by atoms with Crippen molar-refractivity contribution >= 4 is 11.5 Å². The maximum Gasteiger partial charge on any atom is 0.190 e. The minimum absolute atomic E-state index is 0.0573. The topological polar surface area (TPSA) is 78.0 Å². The van der Waals surface area contributed by atoms with Crippen LogP contribution in [-0.2, 0) is 0 Å². The summed E-state index contributed by atoms with van der Waals surface area (Å²) in [6.07, 6.45) is 1.65. The van der Waals surface area contributed by atoms with E-state index in [1.165, 1.54) is 0 Å². The van der Waals surface area contributed by atoms with Crippen LogP contribution in [0.5, 0.6) is 0 Å². The molecule has 1 saturated heterocycles. The molecule has 0 spiro atoms. The molecule has 6 heteroatoms. The first-order valence-corrected chi connectivity index (χ1v) is 6.55. The summed E-state index contributed by atoms with van der Waals surface area (Å²) in [6, 6.07) is 4.41. The number of aromatic nitrogens is 1. The number of piperazine rings is 1. The quantitative estimate of drug-likeness (QED) is 0.363. The van der Waals surface area contributed by atoms with Crippen molar-refractivity contribution in [1.82, 2.24) is 9.88 Å². The summed E-state index contributed by atoms with van der Waals surface area (Å²) >= 11 is 0. The Morgan fingerprint density at radius 1 is 1.37 bits per heavy atom. The van der Waals surface area contributed by atoms with E-state index in [0.29, 0.717) is 11.7 Å². The van der Waals surface area contributed by atoms with Gasteiger partial charge in [0.2, 0.25) is 0 Å². The molecule has 19 heavy (non-hydrogen) atoms. The van der Waals surface area contributed by atoms with E-state index >= 15 is 0 Å². The molecule has 0 saturated carbocycles. The van der Waals surface area contributed by atoms with E-state index in [9.17, 15) is 0 Å². The van der Waals surface area contributed by atoms with E-state index in [4.69, 9.17) is 10.9 Å². The Morgan fingerprint density at radius 2 is 2.05 bits per heavy atom. The molecule has 0 radical (unpaired) electrons. The zero-order chi connectivity index (χ0) is 13.8. The van der Waals surface area contributed by atoms with Crippen LogP contribution < -0.4 is 10.6 Å². The van der Waals surface area contributed by atoms with Crippen molar-refractivity contribution < 1.29 is 5.21 Å². The molecular weight excluding hydrogens is 242 g/mol. The van der Waals surface area contributed by atoms with Crippen molar-refractivity contribution in [3.05, 3.63) is 24.0 Å². The average Bonchev–Trinajstić information content (AvgIpc) is 2.46. The van der Waals surface area contributed by atoms with Crippen molar-refractivity contribution in [1.29, 1.82) is 0 Å². The number of nitrogens with zero attached hydrogens (tertiary/aromatic N) is 4. The summed E-state index contributed by atoms with van der Waals surface area (Å²) in [5.41, 5.74) is 7.15. The zero-order valence-electron chi connectivity index (χ0n) is 11.5. The molecule has 0 bridgehead atoms. The van der Waals surface area contributed by atoms with Gasteiger partial charge in [-0.05, 0) is 26.0 Å². The van der Waals surface area contributed by atoms with Crippen LogP contribution in [0.25, 0.3) is 0 Å². The molecule has 1 fully saturated rings. The molecule has 0 aromatic carbocycles. The van der Waals surface area contributed by atoms with Gasteiger partial charge in [0.25, 0.3) is 0 Å². The van der Waals surface area contributed by atoms with E-state index in [1.807, 2.05) is 12.1 Å². The van der Waals surface area contributed by atoms with Crippen LogP contribution in [0, 0.1) is 0 Å². The second kappa shape index (κ2) is 5.88. The maximum atomic E-state index is 8.82. The SMILES string of the molecule is CC(C)N1CCN(c2cccnc2/C(N)=N/O)CC1. The number of oxime groups is 1. The second-order valence-corrected chi connectivity index (χ2v) is 4.97. The number of amidine groups is 1. The summed E-state index contributed by atoms with van der Waals surface area (Å²) < 4.78 is 0. The Balaban J connectivity index is 2.16. The van der Waals surface area contributed by atoms with Gasteiger partial charge in [-0.15, -0.1) is 0 Å². The highest BCUT2D eigenvalue weighted by Gasteiger charge is 2.21. The molecular formula is C13H21N5O. The smallest absolute Gasteiger partial charge is 0.190 e. The van der Waals surface area contributed by atoms with Gasteiger partial charge in [-0.2, -0.15) is 0 Å². The van der Waals surface area contributed by atoms with Crippen LogP contribution in [0.15, 0.2) is 23.5 Å². The first kappa shape index (κ1) is 13.6. The summed E-state index contributed by atoms with van der Waals surface area (Å²) in [5, 5.41) is 11.9. The van der Waals surface area contributed by atoms with Crippen molar-refractivity contribution in [3.63, 3.8) is 0 Å². The van der Waals surface area contributed by atoms with Crippen LogP contribution in [-0.4, -0.2) is 53.1 Å². The molecule has 1 aliphatic heterocycles. The van der Waals surface area contributed by atoms with Gasteiger partial charge in [-0.25, -0.2) is 0 Å². The molecule has 0 aliphatic carbocycles. The fraction of sp³-hybridized carbons (Fsp3) is 0.538. The maximum absolute atomic E-state index is 8.82. The number of hydrogen-bond donors (Lipinski definition) is 2. The third-order valence-electron chi connectivity index (χ3n) is 3.52. The Kier molecular flexibility index (Phi) is 4.21. The van der Waals surface area contributed by atoms with Gasteiger partial charge in [-0.1, -0.05) is 5.16 Å². The summed E-state index contributed by atoms with van der Waals surface area (Å²) in [4.78, 5) is 8.88. The zero-order valence-corrected chi connectivity index (χ0v) is 11.5. The molecule has 6 nitrogen and oxygen atoms in total. The Morgan fingerprint density at radius 3 is 2.63 bits per heavy atom. The molecule has 1 aliphatic rings. The molecule has 0 atom stereocenters. The van der Waals surface area contributed by atoms with E-state index in [-0.39, 0.29) is 5.84 Å². The molecule has 3 N–H and O–H groups in total. The predicted molar refractivity (Wildman–Crippen MR) is 75.7 cm³/mol. The lowest BCUT2D eigenvalue weighted by Gasteiger charge is -2.38. The number of rotatable bonds is 3. The number of hydrogen-bond acceptors (Lipinski definition) is 5. The van der Waals surface area contributed by atoms with E-state index in [2.05, 4.69) is 33.8 Å². The van der Waals surface area contributed by atoms with Crippen LogP contribution in [0.2, 0.25) is 0 Å². The van der Waals surface area contributed by atoms with E-state index < -0.39 is 0 Å². The number of nitrogens with two attached hydrogens (primary N) is 1. The first-order valence-electron chi connectivity index (χ1n) is 6.55. The van der Waals surface area contributed by atoms with Gasteiger partial charge in [0, 0.05) is 38.4 Å².